The maximum atomic E-state index is 13.8. The minimum absolute atomic E-state index is 0.0683. The van der Waals surface area contributed by atoms with Gasteiger partial charge in [-0.05, 0) is 49.9 Å². The molecule has 0 radical (unpaired) electrons. The highest BCUT2D eigenvalue weighted by atomic mass is 19.4. The molecule has 0 spiro atoms. The molecule has 21 heavy (non-hydrogen) atoms. The van der Waals surface area contributed by atoms with Crippen molar-refractivity contribution in [2.24, 2.45) is 5.92 Å². The highest BCUT2D eigenvalue weighted by Gasteiger charge is 2.33. The number of alkyl halides is 3. The van der Waals surface area contributed by atoms with Crippen molar-refractivity contribution in [2.75, 3.05) is 24.5 Å². The molecule has 1 unspecified atom stereocenters. The fraction of sp³-hybridized carbons (Fsp3) is 0.600. The molecule has 1 saturated heterocycles. The van der Waals surface area contributed by atoms with Crippen LogP contribution in [0.5, 0.6) is 0 Å². The molecule has 2 fully saturated rings. The number of anilines is 1. The van der Waals surface area contributed by atoms with Crippen LogP contribution in [0.15, 0.2) is 18.2 Å². The molecule has 116 valence electrons. The summed E-state index contributed by atoms with van der Waals surface area (Å²) in [7, 11) is 0. The van der Waals surface area contributed by atoms with E-state index >= 15 is 0 Å². The van der Waals surface area contributed by atoms with Gasteiger partial charge in [-0.15, -0.1) is 0 Å². The Morgan fingerprint density at radius 1 is 1.19 bits per heavy atom. The number of benzene rings is 1. The molecule has 0 amide bonds. The van der Waals surface area contributed by atoms with Crippen LogP contribution in [-0.4, -0.2) is 25.7 Å². The van der Waals surface area contributed by atoms with E-state index in [1.165, 1.54) is 12.8 Å². The van der Waals surface area contributed by atoms with Crippen LogP contribution in [0, 0.1) is 11.7 Å². The third-order valence-electron chi connectivity index (χ3n) is 4.17. The standard InChI is InChI=1S/C15H18F4N2/c16-13-4-1-11(15(17,18)19)7-14(13)21-6-5-10(9-21)8-20-12-2-3-12/h1,4,7,10,12,20H,2-3,5-6,8-9H2. The minimum Gasteiger partial charge on any atom is -0.369 e. The summed E-state index contributed by atoms with van der Waals surface area (Å²) >= 11 is 0. The lowest BCUT2D eigenvalue weighted by atomic mass is 10.1. The maximum Gasteiger partial charge on any atom is 0.416 e. The average Bonchev–Trinajstić information content (AvgIpc) is 3.13. The third kappa shape index (κ3) is 3.48. The van der Waals surface area contributed by atoms with Crippen molar-refractivity contribution in [1.29, 1.82) is 0 Å². The van der Waals surface area contributed by atoms with Crippen molar-refractivity contribution in [3.05, 3.63) is 29.6 Å². The van der Waals surface area contributed by atoms with Gasteiger partial charge in [-0.1, -0.05) is 0 Å². The van der Waals surface area contributed by atoms with Gasteiger partial charge in [-0.2, -0.15) is 13.2 Å². The Morgan fingerprint density at radius 3 is 2.62 bits per heavy atom. The highest BCUT2D eigenvalue weighted by Crippen LogP contribution is 2.34. The van der Waals surface area contributed by atoms with Gasteiger partial charge < -0.3 is 10.2 Å². The quantitative estimate of drug-likeness (QED) is 0.857. The average molecular weight is 302 g/mol. The van der Waals surface area contributed by atoms with E-state index in [0.29, 0.717) is 25.0 Å². The molecule has 1 atom stereocenters. The zero-order valence-electron chi connectivity index (χ0n) is 11.6. The van der Waals surface area contributed by atoms with E-state index in [0.717, 1.165) is 31.2 Å². The number of nitrogens with one attached hydrogen (secondary N) is 1. The van der Waals surface area contributed by atoms with E-state index in [2.05, 4.69) is 5.32 Å². The van der Waals surface area contributed by atoms with Gasteiger partial charge in [0, 0.05) is 19.1 Å². The van der Waals surface area contributed by atoms with E-state index in [-0.39, 0.29) is 5.69 Å². The van der Waals surface area contributed by atoms with E-state index in [1.54, 1.807) is 4.90 Å². The van der Waals surface area contributed by atoms with Crippen LogP contribution in [-0.2, 0) is 6.18 Å². The van der Waals surface area contributed by atoms with Gasteiger partial charge in [0.15, 0.2) is 0 Å². The predicted molar refractivity (Wildman–Crippen MR) is 72.7 cm³/mol. The van der Waals surface area contributed by atoms with Crippen LogP contribution in [0.4, 0.5) is 23.2 Å². The summed E-state index contributed by atoms with van der Waals surface area (Å²) in [4.78, 5) is 1.73. The van der Waals surface area contributed by atoms with Gasteiger partial charge in [-0.25, -0.2) is 4.39 Å². The Bertz CT molecular complexity index is 511. The molecule has 2 aliphatic rings. The predicted octanol–water partition coefficient (Wildman–Crippen LogP) is 3.42. The molecule has 0 aromatic heterocycles. The fourth-order valence-corrected chi connectivity index (χ4v) is 2.77. The molecule has 0 bridgehead atoms. The van der Waals surface area contributed by atoms with Crippen molar-refractivity contribution in [1.82, 2.24) is 5.32 Å². The smallest absolute Gasteiger partial charge is 0.369 e. The maximum absolute atomic E-state index is 13.8. The van der Waals surface area contributed by atoms with E-state index < -0.39 is 17.6 Å². The number of rotatable bonds is 4. The first-order valence-electron chi connectivity index (χ1n) is 7.28. The van der Waals surface area contributed by atoms with Crippen LogP contribution in [0.2, 0.25) is 0 Å². The van der Waals surface area contributed by atoms with Crippen molar-refractivity contribution in [3.8, 4) is 0 Å². The van der Waals surface area contributed by atoms with Crippen LogP contribution >= 0.6 is 0 Å². The first kappa shape index (κ1) is 14.6. The van der Waals surface area contributed by atoms with Crippen LogP contribution in [0.1, 0.15) is 24.8 Å². The monoisotopic (exact) mass is 302 g/mol. The summed E-state index contributed by atoms with van der Waals surface area (Å²) < 4.78 is 52.0. The topological polar surface area (TPSA) is 15.3 Å². The zero-order chi connectivity index (χ0) is 15.0. The SMILES string of the molecule is Fc1ccc(C(F)(F)F)cc1N1CCC(CNC2CC2)C1. The Hall–Kier alpha value is -1.30. The van der Waals surface area contributed by atoms with Gasteiger partial charge in [0.2, 0.25) is 0 Å². The van der Waals surface area contributed by atoms with Gasteiger partial charge in [0.1, 0.15) is 5.82 Å². The van der Waals surface area contributed by atoms with Crippen molar-refractivity contribution < 1.29 is 17.6 Å². The van der Waals surface area contributed by atoms with E-state index in [4.69, 9.17) is 0 Å². The fourth-order valence-electron chi connectivity index (χ4n) is 2.77. The normalized spacial score (nSPS) is 22.9. The number of hydrogen-bond acceptors (Lipinski definition) is 2. The molecule has 1 N–H and O–H groups in total. The van der Waals surface area contributed by atoms with Gasteiger partial charge in [-0.3, -0.25) is 0 Å². The van der Waals surface area contributed by atoms with Crippen molar-refractivity contribution >= 4 is 5.69 Å². The van der Waals surface area contributed by atoms with Crippen LogP contribution in [0.25, 0.3) is 0 Å². The summed E-state index contributed by atoms with van der Waals surface area (Å²) in [6.07, 6.45) is -1.14. The summed E-state index contributed by atoms with van der Waals surface area (Å²) in [5.41, 5.74) is -0.725. The number of hydrogen-bond donors (Lipinski definition) is 1. The van der Waals surface area contributed by atoms with E-state index in [9.17, 15) is 17.6 Å². The van der Waals surface area contributed by atoms with Crippen molar-refractivity contribution in [3.63, 3.8) is 0 Å². The molecule has 3 rings (SSSR count). The molecule has 1 aromatic rings. The number of halogens is 4. The molecule has 1 aliphatic heterocycles. The molecular formula is C15H18F4N2. The Labute approximate surface area is 121 Å². The first-order valence-corrected chi connectivity index (χ1v) is 7.28. The Balaban J connectivity index is 1.68. The largest absolute Gasteiger partial charge is 0.416 e. The Kier molecular flexibility index (Phi) is 3.82. The van der Waals surface area contributed by atoms with E-state index in [1.807, 2.05) is 0 Å². The third-order valence-corrected chi connectivity index (χ3v) is 4.17. The van der Waals surface area contributed by atoms with Gasteiger partial charge >= 0.3 is 6.18 Å². The van der Waals surface area contributed by atoms with Crippen LogP contribution < -0.4 is 10.2 Å². The lowest BCUT2D eigenvalue weighted by molar-refractivity contribution is -0.137. The van der Waals surface area contributed by atoms with Gasteiger partial charge in [0.05, 0.1) is 11.3 Å². The van der Waals surface area contributed by atoms with Gasteiger partial charge in [0.25, 0.3) is 0 Å². The summed E-state index contributed by atoms with van der Waals surface area (Å²) in [5.74, 6) is -0.210. The minimum atomic E-state index is -4.44. The molecule has 2 nitrogen and oxygen atoms in total. The summed E-state index contributed by atoms with van der Waals surface area (Å²) in [6, 6.07) is 3.24. The van der Waals surface area contributed by atoms with Crippen molar-refractivity contribution in [2.45, 2.75) is 31.5 Å². The number of nitrogens with zero attached hydrogens (tertiary/aromatic N) is 1. The zero-order valence-corrected chi connectivity index (χ0v) is 11.6. The second-order valence-corrected chi connectivity index (χ2v) is 5.95. The lowest BCUT2D eigenvalue weighted by Crippen LogP contribution is -2.28. The molecular weight excluding hydrogens is 284 g/mol. The first-order chi connectivity index (χ1) is 9.93. The van der Waals surface area contributed by atoms with Crippen LogP contribution in [0.3, 0.4) is 0 Å². The molecule has 6 heteroatoms. The molecule has 1 aromatic carbocycles. The second kappa shape index (κ2) is 5.48. The highest BCUT2D eigenvalue weighted by molar-refractivity contribution is 5.51. The molecule has 1 heterocycles. The lowest BCUT2D eigenvalue weighted by Gasteiger charge is -2.21. The Morgan fingerprint density at radius 2 is 1.95 bits per heavy atom. The summed E-state index contributed by atoms with van der Waals surface area (Å²) in [5, 5.41) is 3.42. The molecule has 1 aliphatic carbocycles. The summed E-state index contributed by atoms with van der Waals surface area (Å²) in [6.45, 7) is 2.08. The molecule has 1 saturated carbocycles. The second-order valence-electron chi connectivity index (χ2n) is 5.95.